The van der Waals surface area contributed by atoms with Crippen molar-refractivity contribution in [3.63, 3.8) is 0 Å². The van der Waals surface area contributed by atoms with Crippen molar-refractivity contribution >= 4 is 0 Å². The first kappa shape index (κ1) is 14.6. The van der Waals surface area contributed by atoms with E-state index in [-0.39, 0.29) is 6.10 Å². The molecule has 0 amide bonds. The molecule has 0 radical (unpaired) electrons. The molecule has 0 unspecified atom stereocenters. The first-order valence-corrected chi connectivity index (χ1v) is 8.46. The van der Waals surface area contributed by atoms with Gasteiger partial charge in [-0.15, -0.1) is 0 Å². The Morgan fingerprint density at radius 3 is 2.80 bits per heavy atom. The van der Waals surface area contributed by atoms with E-state index in [4.69, 9.17) is 0 Å². The van der Waals surface area contributed by atoms with Gasteiger partial charge in [-0.05, 0) is 67.6 Å². The number of aliphatic hydroxyl groups is 2. The van der Waals surface area contributed by atoms with Gasteiger partial charge in [0.25, 0.3) is 0 Å². The molecule has 2 nitrogen and oxygen atoms in total. The summed E-state index contributed by atoms with van der Waals surface area (Å²) in [4.78, 5) is 0. The lowest BCUT2D eigenvalue weighted by Gasteiger charge is -2.55. The number of aliphatic hydroxyl groups excluding tert-OH is 2. The minimum absolute atomic E-state index is 0.0858. The predicted molar refractivity (Wildman–Crippen MR) is 81.3 cm³/mol. The van der Waals surface area contributed by atoms with Crippen LogP contribution in [0.5, 0.6) is 0 Å². The third-order valence-electron chi connectivity index (χ3n) is 6.79. The van der Waals surface area contributed by atoms with E-state index in [1.807, 2.05) is 0 Å². The van der Waals surface area contributed by atoms with Crippen molar-refractivity contribution in [2.75, 3.05) is 6.61 Å². The zero-order valence-electron chi connectivity index (χ0n) is 13.1. The van der Waals surface area contributed by atoms with Crippen molar-refractivity contribution in [2.45, 2.75) is 71.3 Å². The third kappa shape index (κ3) is 2.25. The van der Waals surface area contributed by atoms with Crippen LogP contribution < -0.4 is 0 Å². The summed E-state index contributed by atoms with van der Waals surface area (Å²) in [5.74, 6) is 1.16. The number of allylic oxidation sites excluding steroid dienone is 2. The molecule has 0 aliphatic heterocycles. The molecule has 0 bridgehead atoms. The first-order chi connectivity index (χ1) is 9.48. The van der Waals surface area contributed by atoms with E-state index >= 15 is 0 Å². The lowest BCUT2D eigenvalue weighted by molar-refractivity contribution is -0.0600. The molecule has 0 aromatic heterocycles. The van der Waals surface area contributed by atoms with E-state index in [0.29, 0.717) is 29.3 Å². The van der Waals surface area contributed by atoms with Crippen LogP contribution in [-0.4, -0.2) is 22.9 Å². The fourth-order valence-electron chi connectivity index (χ4n) is 5.49. The Morgan fingerprint density at radius 2 is 2.05 bits per heavy atom. The largest absolute Gasteiger partial charge is 0.396 e. The van der Waals surface area contributed by atoms with Gasteiger partial charge in [0, 0.05) is 6.61 Å². The summed E-state index contributed by atoms with van der Waals surface area (Å²) in [6.45, 7) is 5.09. The van der Waals surface area contributed by atoms with Gasteiger partial charge >= 0.3 is 0 Å². The highest BCUT2D eigenvalue weighted by atomic mass is 16.3. The number of rotatable bonds is 2. The molecule has 0 aromatic carbocycles. The zero-order chi connectivity index (χ0) is 14.4. The fourth-order valence-corrected chi connectivity index (χ4v) is 5.49. The maximum absolute atomic E-state index is 10.4. The molecule has 0 aromatic rings. The molecule has 2 N–H and O–H groups in total. The standard InChI is InChI=1S/C18H30O2/c1-17(10-11-19)9-7-14-13(12-17)5-6-15-16(20)4-3-8-18(14,15)2/h5,14-16,19-20H,3-4,6-12H2,1-2H3/t14-,15-,16+,17+,18+/m0/s1. The van der Waals surface area contributed by atoms with Crippen molar-refractivity contribution in [3.05, 3.63) is 11.6 Å². The van der Waals surface area contributed by atoms with Crippen molar-refractivity contribution in [1.29, 1.82) is 0 Å². The van der Waals surface area contributed by atoms with Crippen LogP contribution in [0, 0.1) is 22.7 Å². The van der Waals surface area contributed by atoms with Crippen LogP contribution in [0.1, 0.15) is 65.2 Å². The van der Waals surface area contributed by atoms with Gasteiger partial charge in [-0.2, -0.15) is 0 Å². The van der Waals surface area contributed by atoms with Crippen LogP contribution in [0.15, 0.2) is 11.6 Å². The summed E-state index contributed by atoms with van der Waals surface area (Å²) in [5, 5.41) is 19.7. The lowest BCUT2D eigenvalue weighted by atomic mass is 9.50. The minimum Gasteiger partial charge on any atom is -0.396 e. The molecule has 2 fully saturated rings. The smallest absolute Gasteiger partial charge is 0.0576 e. The second kappa shape index (κ2) is 5.14. The fraction of sp³-hybridized carbons (Fsp3) is 0.889. The van der Waals surface area contributed by atoms with Gasteiger partial charge in [-0.3, -0.25) is 0 Å². The van der Waals surface area contributed by atoms with Crippen LogP contribution in [-0.2, 0) is 0 Å². The Labute approximate surface area is 123 Å². The van der Waals surface area contributed by atoms with E-state index in [0.717, 1.165) is 25.7 Å². The maximum Gasteiger partial charge on any atom is 0.0576 e. The van der Waals surface area contributed by atoms with Gasteiger partial charge in [0.05, 0.1) is 6.10 Å². The molecular weight excluding hydrogens is 248 g/mol. The average molecular weight is 278 g/mol. The summed E-state index contributed by atoms with van der Waals surface area (Å²) in [7, 11) is 0. The number of hydrogen-bond acceptors (Lipinski definition) is 2. The number of fused-ring (bicyclic) bond motifs is 3. The summed E-state index contributed by atoms with van der Waals surface area (Å²) < 4.78 is 0. The summed E-state index contributed by atoms with van der Waals surface area (Å²) >= 11 is 0. The van der Waals surface area contributed by atoms with Gasteiger partial charge in [-0.25, -0.2) is 0 Å². The van der Waals surface area contributed by atoms with Crippen LogP contribution >= 0.6 is 0 Å². The molecule has 20 heavy (non-hydrogen) atoms. The highest BCUT2D eigenvalue weighted by Gasteiger charge is 2.51. The van der Waals surface area contributed by atoms with Crippen LogP contribution in [0.3, 0.4) is 0 Å². The minimum atomic E-state index is -0.0858. The molecule has 0 spiro atoms. The van der Waals surface area contributed by atoms with Crippen LogP contribution in [0.4, 0.5) is 0 Å². The van der Waals surface area contributed by atoms with Gasteiger partial charge in [-0.1, -0.05) is 31.9 Å². The van der Waals surface area contributed by atoms with Gasteiger partial charge < -0.3 is 10.2 Å². The molecular formula is C18H30O2. The Kier molecular flexibility index (Phi) is 3.75. The Morgan fingerprint density at radius 1 is 1.25 bits per heavy atom. The molecule has 2 saturated carbocycles. The van der Waals surface area contributed by atoms with E-state index in [2.05, 4.69) is 19.9 Å². The third-order valence-corrected chi connectivity index (χ3v) is 6.79. The quantitative estimate of drug-likeness (QED) is 0.757. The van der Waals surface area contributed by atoms with Crippen LogP contribution in [0.2, 0.25) is 0 Å². The molecule has 5 atom stereocenters. The van der Waals surface area contributed by atoms with Gasteiger partial charge in [0.2, 0.25) is 0 Å². The predicted octanol–water partition coefficient (Wildman–Crippen LogP) is 3.67. The second-order valence-electron chi connectivity index (χ2n) is 8.14. The van der Waals surface area contributed by atoms with E-state index in [1.54, 1.807) is 5.57 Å². The normalized spacial score (nSPS) is 48.2. The molecule has 0 saturated heterocycles. The van der Waals surface area contributed by atoms with E-state index in [9.17, 15) is 10.2 Å². The summed E-state index contributed by atoms with van der Waals surface area (Å²) in [5.41, 5.74) is 2.26. The SMILES string of the molecule is C[C@]1(CCO)CC[C@H]2C(=CC[C@H]3[C@H](O)CCC[C@]23C)C1. The zero-order valence-corrected chi connectivity index (χ0v) is 13.1. The second-order valence-corrected chi connectivity index (χ2v) is 8.14. The summed E-state index contributed by atoms with van der Waals surface area (Å²) in [6.07, 6.45) is 11.5. The molecule has 3 aliphatic carbocycles. The number of hydrogen-bond donors (Lipinski definition) is 2. The van der Waals surface area contributed by atoms with E-state index < -0.39 is 0 Å². The Bertz CT molecular complexity index is 402. The van der Waals surface area contributed by atoms with E-state index in [1.165, 1.54) is 25.7 Å². The van der Waals surface area contributed by atoms with Crippen molar-refractivity contribution in [1.82, 2.24) is 0 Å². The molecule has 2 heteroatoms. The van der Waals surface area contributed by atoms with Gasteiger partial charge in [0.15, 0.2) is 0 Å². The Hall–Kier alpha value is -0.340. The van der Waals surface area contributed by atoms with Gasteiger partial charge in [0.1, 0.15) is 0 Å². The molecule has 3 aliphatic rings. The molecule has 0 heterocycles. The van der Waals surface area contributed by atoms with Crippen molar-refractivity contribution in [2.24, 2.45) is 22.7 Å². The maximum atomic E-state index is 10.4. The lowest BCUT2D eigenvalue weighted by Crippen LogP contribution is -2.49. The Balaban J connectivity index is 1.84. The highest BCUT2D eigenvalue weighted by molar-refractivity contribution is 5.22. The molecule has 3 rings (SSSR count). The average Bonchev–Trinajstić information content (AvgIpc) is 2.38. The van der Waals surface area contributed by atoms with Crippen molar-refractivity contribution in [3.8, 4) is 0 Å². The highest BCUT2D eigenvalue weighted by Crippen LogP contribution is 2.59. The summed E-state index contributed by atoms with van der Waals surface area (Å²) in [6, 6.07) is 0. The van der Waals surface area contributed by atoms with Crippen molar-refractivity contribution < 1.29 is 10.2 Å². The topological polar surface area (TPSA) is 40.5 Å². The van der Waals surface area contributed by atoms with Crippen LogP contribution in [0.25, 0.3) is 0 Å². The first-order valence-electron chi connectivity index (χ1n) is 8.46. The monoisotopic (exact) mass is 278 g/mol. The molecule has 114 valence electrons.